The first-order valence-electron chi connectivity index (χ1n) is 14.7. The molecule has 0 radical (unpaired) electrons. The number of hydrogen-bond donors (Lipinski definition) is 2. The topological polar surface area (TPSA) is 71.0 Å². The van der Waals surface area contributed by atoms with E-state index in [2.05, 4.69) is 58.7 Å². The average Bonchev–Trinajstić information content (AvgIpc) is 2.97. The van der Waals surface area contributed by atoms with Crippen molar-refractivity contribution in [1.82, 2.24) is 10.2 Å². The van der Waals surface area contributed by atoms with Crippen LogP contribution in [0.5, 0.6) is 0 Å². The Kier molecular flexibility index (Phi) is 10.0. The van der Waals surface area contributed by atoms with Crippen molar-refractivity contribution in [3.8, 4) is 11.1 Å². The van der Waals surface area contributed by atoms with Crippen LogP contribution in [0.3, 0.4) is 0 Å². The molecule has 6 nitrogen and oxygen atoms in total. The molecule has 1 amide bonds. The number of amides is 1. The quantitative estimate of drug-likeness (QED) is 0.350. The van der Waals surface area contributed by atoms with Crippen LogP contribution in [0.25, 0.3) is 11.1 Å². The number of ether oxygens (including phenoxy) is 2. The molecule has 2 saturated heterocycles. The summed E-state index contributed by atoms with van der Waals surface area (Å²) in [5.41, 5.74) is 6.25. The molecular weight excluding hydrogens is 500 g/mol. The number of nitrogens with one attached hydrogen (secondary N) is 1. The molecule has 3 aromatic rings. The number of nitrogens with zero attached hydrogens (tertiary/aromatic N) is 1. The van der Waals surface area contributed by atoms with Gasteiger partial charge in [-0.3, -0.25) is 4.79 Å². The van der Waals surface area contributed by atoms with Gasteiger partial charge in [0.05, 0.1) is 18.8 Å². The van der Waals surface area contributed by atoms with E-state index in [0.29, 0.717) is 6.54 Å². The van der Waals surface area contributed by atoms with Crippen LogP contribution in [0, 0.1) is 0 Å². The first-order valence-corrected chi connectivity index (χ1v) is 14.7. The van der Waals surface area contributed by atoms with Gasteiger partial charge in [0.2, 0.25) is 5.91 Å². The summed E-state index contributed by atoms with van der Waals surface area (Å²) in [5, 5.41) is 12.4. The Bertz CT molecular complexity index is 1240. The number of rotatable bonds is 8. The lowest BCUT2D eigenvalue weighted by molar-refractivity contribution is -0.253. The molecule has 6 heteroatoms. The Hall–Kier alpha value is -3.03. The lowest BCUT2D eigenvalue weighted by Crippen LogP contribution is -2.40. The fourth-order valence-corrected chi connectivity index (χ4v) is 5.77. The van der Waals surface area contributed by atoms with Gasteiger partial charge in [-0.25, -0.2) is 0 Å². The van der Waals surface area contributed by atoms with Crippen molar-refractivity contribution < 1.29 is 19.4 Å². The summed E-state index contributed by atoms with van der Waals surface area (Å²) in [4.78, 5) is 14.0. The van der Waals surface area contributed by atoms with Gasteiger partial charge in [0.25, 0.3) is 0 Å². The van der Waals surface area contributed by atoms with Gasteiger partial charge in [0.15, 0.2) is 6.29 Å². The molecule has 0 aromatic heterocycles. The molecule has 2 fully saturated rings. The zero-order valence-electron chi connectivity index (χ0n) is 23.6. The van der Waals surface area contributed by atoms with E-state index in [4.69, 9.17) is 9.47 Å². The van der Waals surface area contributed by atoms with Crippen LogP contribution < -0.4 is 5.32 Å². The summed E-state index contributed by atoms with van der Waals surface area (Å²) in [6, 6.07) is 24.8. The average molecular weight is 543 g/mol. The minimum atomic E-state index is -0.474. The van der Waals surface area contributed by atoms with Crippen molar-refractivity contribution >= 4 is 5.91 Å². The maximum atomic E-state index is 11.4. The molecule has 0 aliphatic carbocycles. The van der Waals surface area contributed by atoms with Crippen LogP contribution in [0.2, 0.25) is 0 Å². The van der Waals surface area contributed by atoms with Gasteiger partial charge in [0.1, 0.15) is 0 Å². The second kappa shape index (κ2) is 14.0. The summed E-state index contributed by atoms with van der Waals surface area (Å²) in [6.07, 6.45) is 6.78. The van der Waals surface area contributed by atoms with Crippen molar-refractivity contribution in [3.63, 3.8) is 0 Å². The molecule has 0 bridgehead atoms. The Morgan fingerprint density at radius 1 is 0.850 bits per heavy atom. The van der Waals surface area contributed by atoms with E-state index in [1.165, 1.54) is 39.0 Å². The molecule has 2 N–H and O–H groups in total. The minimum absolute atomic E-state index is 0.0356. The molecule has 2 aliphatic heterocycles. The van der Waals surface area contributed by atoms with Gasteiger partial charge in [-0.15, -0.1) is 0 Å². The van der Waals surface area contributed by atoms with Crippen molar-refractivity contribution in [2.75, 3.05) is 19.6 Å². The lowest BCUT2D eigenvalue weighted by Gasteiger charge is -2.39. The van der Waals surface area contributed by atoms with Gasteiger partial charge in [0, 0.05) is 32.0 Å². The Morgan fingerprint density at radius 3 is 2.27 bits per heavy atom. The molecule has 0 spiro atoms. The zero-order chi connectivity index (χ0) is 27.7. The second-order valence-corrected chi connectivity index (χ2v) is 11.2. The van der Waals surface area contributed by atoms with E-state index in [-0.39, 0.29) is 24.7 Å². The van der Waals surface area contributed by atoms with Crippen molar-refractivity contribution in [3.05, 3.63) is 95.1 Å². The molecule has 0 saturated carbocycles. The highest BCUT2D eigenvalue weighted by atomic mass is 16.7. The second-order valence-electron chi connectivity index (χ2n) is 11.2. The largest absolute Gasteiger partial charge is 0.392 e. The standard InChI is InChI=1S/C34H42N2O4/c1-25(38)35-22-27-9-7-10-29(19-27)30-11-8-12-31(20-30)34-39-32(23-36-17-5-3-2-4-6-18-36)21-33(40-34)28-15-13-26(24-37)14-16-28/h7-16,19-20,32-34,37H,2-6,17-18,21-24H2,1H3,(H,35,38). The van der Waals surface area contributed by atoms with E-state index < -0.39 is 6.29 Å². The summed E-state index contributed by atoms with van der Waals surface area (Å²) < 4.78 is 13.3. The third-order valence-corrected chi connectivity index (χ3v) is 7.99. The fourth-order valence-electron chi connectivity index (χ4n) is 5.77. The Balaban J connectivity index is 1.37. The highest BCUT2D eigenvalue weighted by molar-refractivity contribution is 5.73. The lowest BCUT2D eigenvalue weighted by atomic mass is 9.98. The van der Waals surface area contributed by atoms with Crippen molar-refractivity contribution in [2.45, 2.75) is 77.1 Å². The van der Waals surface area contributed by atoms with Crippen LogP contribution in [0.1, 0.15) is 80.1 Å². The predicted octanol–water partition coefficient (Wildman–Crippen LogP) is 6.29. The molecular formula is C34H42N2O4. The minimum Gasteiger partial charge on any atom is -0.392 e. The van der Waals surface area contributed by atoms with Gasteiger partial charge in [-0.2, -0.15) is 0 Å². The number of aliphatic hydroxyl groups is 1. The number of carbonyl (C=O) groups is 1. The predicted molar refractivity (Wildman–Crippen MR) is 157 cm³/mol. The first kappa shape index (κ1) is 28.5. The van der Waals surface area contributed by atoms with E-state index in [9.17, 15) is 9.90 Å². The first-order chi connectivity index (χ1) is 19.6. The summed E-state index contributed by atoms with van der Waals surface area (Å²) in [6.45, 7) is 5.25. The highest BCUT2D eigenvalue weighted by Gasteiger charge is 2.33. The number of aliphatic hydroxyl groups excluding tert-OH is 1. The van der Waals surface area contributed by atoms with Crippen LogP contribution in [0.15, 0.2) is 72.8 Å². The maximum absolute atomic E-state index is 11.4. The van der Waals surface area contributed by atoms with Gasteiger partial charge in [-0.1, -0.05) is 79.9 Å². The SMILES string of the molecule is CC(=O)NCc1cccc(-c2cccc(C3OC(CN4CCCCCCC4)CC(c4ccc(CO)cc4)O3)c2)c1. The van der Waals surface area contributed by atoms with E-state index in [1.807, 2.05) is 24.3 Å². The van der Waals surface area contributed by atoms with Crippen LogP contribution in [-0.2, 0) is 27.4 Å². The highest BCUT2D eigenvalue weighted by Crippen LogP contribution is 2.39. The number of likely N-dealkylation sites (tertiary alicyclic amines) is 1. The molecule has 3 unspecified atom stereocenters. The van der Waals surface area contributed by atoms with Crippen molar-refractivity contribution in [2.24, 2.45) is 0 Å². The van der Waals surface area contributed by atoms with E-state index >= 15 is 0 Å². The maximum Gasteiger partial charge on any atom is 0.217 e. The molecule has 212 valence electrons. The third-order valence-electron chi connectivity index (χ3n) is 7.99. The smallest absolute Gasteiger partial charge is 0.217 e. The summed E-state index contributed by atoms with van der Waals surface area (Å²) in [7, 11) is 0. The Labute approximate surface area is 238 Å². The van der Waals surface area contributed by atoms with Gasteiger partial charge in [-0.05, 0) is 65.9 Å². The fraction of sp³-hybridized carbons (Fsp3) is 0.441. The monoisotopic (exact) mass is 542 g/mol. The van der Waals surface area contributed by atoms with E-state index in [1.54, 1.807) is 0 Å². The molecule has 5 rings (SSSR count). The molecule has 2 heterocycles. The number of hydrogen-bond acceptors (Lipinski definition) is 5. The third kappa shape index (κ3) is 7.79. The van der Waals surface area contributed by atoms with Crippen LogP contribution in [-0.4, -0.2) is 41.7 Å². The van der Waals surface area contributed by atoms with E-state index in [0.717, 1.165) is 59.4 Å². The number of carbonyl (C=O) groups excluding carboxylic acids is 1. The van der Waals surface area contributed by atoms with Gasteiger partial charge < -0.3 is 24.8 Å². The zero-order valence-corrected chi connectivity index (χ0v) is 23.6. The van der Waals surface area contributed by atoms with Crippen molar-refractivity contribution in [1.29, 1.82) is 0 Å². The van der Waals surface area contributed by atoms with Gasteiger partial charge >= 0.3 is 0 Å². The van der Waals surface area contributed by atoms with Crippen LogP contribution in [0.4, 0.5) is 0 Å². The molecule has 40 heavy (non-hydrogen) atoms. The Morgan fingerprint density at radius 2 is 1.55 bits per heavy atom. The molecule has 2 aliphatic rings. The summed E-state index contributed by atoms with van der Waals surface area (Å²) >= 11 is 0. The molecule has 3 aromatic carbocycles. The summed E-state index contributed by atoms with van der Waals surface area (Å²) in [5.74, 6) is -0.0372. The van der Waals surface area contributed by atoms with Crippen LogP contribution >= 0.6 is 0 Å². The molecule has 3 atom stereocenters. The number of benzene rings is 3. The normalized spacial score (nSPS) is 22.3.